The van der Waals surface area contributed by atoms with E-state index in [-0.39, 0.29) is 18.3 Å². The number of alkyl halides is 3. The molecule has 0 spiro atoms. The standard InChI is InChI=1S/C15H21F4N/c1-3-9-20-14(5-4-8-15(17,18)19)12-6-7-13(16)11(2)10-12/h6-7,10,14,20H,3-5,8-9H2,1-2H3. The van der Waals surface area contributed by atoms with E-state index in [1.165, 1.54) is 6.07 Å². The Morgan fingerprint density at radius 2 is 1.95 bits per heavy atom. The zero-order chi connectivity index (χ0) is 15.2. The van der Waals surface area contributed by atoms with E-state index in [0.717, 1.165) is 18.5 Å². The van der Waals surface area contributed by atoms with Crippen molar-refractivity contribution < 1.29 is 17.6 Å². The fourth-order valence-electron chi connectivity index (χ4n) is 2.10. The molecule has 0 aliphatic carbocycles. The minimum atomic E-state index is -4.12. The van der Waals surface area contributed by atoms with Crippen LogP contribution < -0.4 is 5.32 Å². The molecule has 114 valence electrons. The van der Waals surface area contributed by atoms with Gasteiger partial charge in [0.25, 0.3) is 0 Å². The molecule has 1 rings (SSSR count). The van der Waals surface area contributed by atoms with E-state index in [2.05, 4.69) is 5.32 Å². The monoisotopic (exact) mass is 291 g/mol. The van der Waals surface area contributed by atoms with Crippen molar-refractivity contribution in [3.8, 4) is 0 Å². The summed E-state index contributed by atoms with van der Waals surface area (Å²) < 4.78 is 49.9. The van der Waals surface area contributed by atoms with E-state index in [1.807, 2.05) is 6.92 Å². The van der Waals surface area contributed by atoms with Crippen LogP contribution in [0, 0.1) is 12.7 Å². The van der Waals surface area contributed by atoms with Crippen molar-refractivity contribution in [1.29, 1.82) is 0 Å². The van der Waals surface area contributed by atoms with Gasteiger partial charge in [0.15, 0.2) is 0 Å². The van der Waals surface area contributed by atoms with Crippen LogP contribution in [-0.4, -0.2) is 12.7 Å². The first-order valence-corrected chi connectivity index (χ1v) is 6.89. The Balaban J connectivity index is 2.69. The lowest BCUT2D eigenvalue weighted by Gasteiger charge is -2.20. The third-order valence-corrected chi connectivity index (χ3v) is 3.18. The summed E-state index contributed by atoms with van der Waals surface area (Å²) in [6.45, 7) is 4.38. The molecule has 1 aromatic rings. The van der Waals surface area contributed by atoms with E-state index in [9.17, 15) is 17.6 Å². The summed E-state index contributed by atoms with van der Waals surface area (Å²) in [4.78, 5) is 0. The van der Waals surface area contributed by atoms with Crippen LogP contribution in [-0.2, 0) is 0 Å². The summed E-state index contributed by atoms with van der Waals surface area (Å²) in [5, 5.41) is 3.23. The minimum Gasteiger partial charge on any atom is -0.310 e. The highest BCUT2D eigenvalue weighted by Crippen LogP contribution is 2.27. The summed E-state index contributed by atoms with van der Waals surface area (Å²) in [6, 6.07) is 4.56. The summed E-state index contributed by atoms with van der Waals surface area (Å²) in [7, 11) is 0. The zero-order valence-corrected chi connectivity index (χ0v) is 11.9. The lowest BCUT2D eigenvalue weighted by Crippen LogP contribution is -2.23. The molecular formula is C15H21F4N. The number of hydrogen-bond donors (Lipinski definition) is 1. The maximum absolute atomic E-state index is 13.3. The van der Waals surface area contributed by atoms with Crippen molar-refractivity contribution in [2.45, 2.75) is 51.7 Å². The Hall–Kier alpha value is -1.10. The van der Waals surface area contributed by atoms with Crippen molar-refractivity contribution in [3.05, 3.63) is 35.1 Å². The van der Waals surface area contributed by atoms with Crippen LogP contribution >= 0.6 is 0 Å². The van der Waals surface area contributed by atoms with Crippen molar-refractivity contribution in [2.24, 2.45) is 0 Å². The summed E-state index contributed by atoms with van der Waals surface area (Å²) in [6.07, 6.45) is -3.53. The Bertz CT molecular complexity index is 415. The molecule has 1 nitrogen and oxygen atoms in total. The molecule has 1 atom stereocenters. The number of nitrogens with one attached hydrogen (secondary N) is 1. The van der Waals surface area contributed by atoms with Crippen LogP contribution in [0.3, 0.4) is 0 Å². The van der Waals surface area contributed by atoms with Gasteiger partial charge in [-0.25, -0.2) is 4.39 Å². The molecule has 0 saturated heterocycles. The Morgan fingerprint density at radius 3 is 2.50 bits per heavy atom. The fourth-order valence-corrected chi connectivity index (χ4v) is 2.10. The molecule has 0 amide bonds. The molecular weight excluding hydrogens is 270 g/mol. The SMILES string of the molecule is CCCNC(CCCC(F)(F)F)c1ccc(F)c(C)c1. The van der Waals surface area contributed by atoms with Gasteiger partial charge in [-0.05, 0) is 49.9 Å². The third-order valence-electron chi connectivity index (χ3n) is 3.18. The average Bonchev–Trinajstić information content (AvgIpc) is 2.35. The second-order valence-electron chi connectivity index (χ2n) is 5.02. The second-order valence-corrected chi connectivity index (χ2v) is 5.02. The Labute approximate surface area is 117 Å². The largest absolute Gasteiger partial charge is 0.389 e. The van der Waals surface area contributed by atoms with E-state index >= 15 is 0 Å². The van der Waals surface area contributed by atoms with Gasteiger partial charge < -0.3 is 5.32 Å². The molecule has 5 heteroatoms. The van der Waals surface area contributed by atoms with Gasteiger partial charge in [0.05, 0.1) is 0 Å². The summed E-state index contributed by atoms with van der Waals surface area (Å²) in [5.74, 6) is -0.293. The van der Waals surface area contributed by atoms with E-state index < -0.39 is 12.6 Å². The van der Waals surface area contributed by atoms with Gasteiger partial charge in [0.2, 0.25) is 0 Å². The van der Waals surface area contributed by atoms with E-state index in [1.54, 1.807) is 19.1 Å². The fraction of sp³-hybridized carbons (Fsp3) is 0.600. The molecule has 0 fully saturated rings. The zero-order valence-electron chi connectivity index (χ0n) is 11.9. The molecule has 1 aromatic carbocycles. The molecule has 0 saturated carbocycles. The first-order valence-electron chi connectivity index (χ1n) is 6.89. The maximum Gasteiger partial charge on any atom is 0.389 e. The lowest BCUT2D eigenvalue weighted by molar-refractivity contribution is -0.135. The molecule has 0 bridgehead atoms. The predicted octanol–water partition coefficient (Wildman–Crippen LogP) is 4.91. The number of benzene rings is 1. The van der Waals surface area contributed by atoms with Gasteiger partial charge in [-0.2, -0.15) is 13.2 Å². The molecule has 20 heavy (non-hydrogen) atoms. The lowest BCUT2D eigenvalue weighted by atomic mass is 9.99. The Morgan fingerprint density at radius 1 is 1.25 bits per heavy atom. The van der Waals surface area contributed by atoms with E-state index in [0.29, 0.717) is 12.0 Å². The van der Waals surface area contributed by atoms with Crippen molar-refractivity contribution >= 4 is 0 Å². The van der Waals surface area contributed by atoms with Crippen LogP contribution in [0.25, 0.3) is 0 Å². The quantitative estimate of drug-likeness (QED) is 0.704. The third kappa shape index (κ3) is 5.90. The highest BCUT2D eigenvalue weighted by molar-refractivity contribution is 5.26. The van der Waals surface area contributed by atoms with Crippen LogP contribution in [0.1, 0.15) is 49.8 Å². The smallest absolute Gasteiger partial charge is 0.310 e. The first kappa shape index (κ1) is 17.0. The van der Waals surface area contributed by atoms with E-state index in [4.69, 9.17) is 0 Å². The molecule has 0 radical (unpaired) electrons. The van der Waals surface area contributed by atoms with Crippen LogP contribution in [0.5, 0.6) is 0 Å². The van der Waals surface area contributed by atoms with Gasteiger partial charge in [-0.15, -0.1) is 0 Å². The molecule has 0 aliphatic rings. The minimum absolute atomic E-state index is 0.0707. The summed E-state index contributed by atoms with van der Waals surface area (Å²) in [5.41, 5.74) is 1.36. The van der Waals surface area contributed by atoms with Gasteiger partial charge in [0.1, 0.15) is 5.82 Å². The highest BCUT2D eigenvalue weighted by Gasteiger charge is 2.26. The van der Waals surface area contributed by atoms with Crippen LogP contribution in [0.4, 0.5) is 17.6 Å². The van der Waals surface area contributed by atoms with Gasteiger partial charge >= 0.3 is 6.18 Å². The van der Waals surface area contributed by atoms with Crippen molar-refractivity contribution in [3.63, 3.8) is 0 Å². The first-order chi connectivity index (χ1) is 9.33. The topological polar surface area (TPSA) is 12.0 Å². The van der Waals surface area contributed by atoms with Gasteiger partial charge in [-0.3, -0.25) is 0 Å². The number of aryl methyl sites for hydroxylation is 1. The average molecular weight is 291 g/mol. The summed E-state index contributed by atoms with van der Waals surface area (Å²) >= 11 is 0. The number of rotatable bonds is 7. The van der Waals surface area contributed by atoms with Gasteiger partial charge in [-0.1, -0.05) is 19.1 Å². The van der Waals surface area contributed by atoms with Crippen molar-refractivity contribution in [2.75, 3.05) is 6.54 Å². The molecule has 0 aromatic heterocycles. The van der Waals surface area contributed by atoms with Gasteiger partial charge in [0, 0.05) is 12.5 Å². The molecule has 1 unspecified atom stereocenters. The molecule has 0 aliphatic heterocycles. The molecule has 0 heterocycles. The number of halogens is 4. The second kappa shape index (κ2) is 7.62. The normalized spacial score (nSPS) is 13.5. The van der Waals surface area contributed by atoms with Crippen LogP contribution in [0.15, 0.2) is 18.2 Å². The van der Waals surface area contributed by atoms with Crippen molar-refractivity contribution in [1.82, 2.24) is 5.32 Å². The highest BCUT2D eigenvalue weighted by atomic mass is 19.4. The number of hydrogen-bond acceptors (Lipinski definition) is 1. The Kier molecular flexibility index (Phi) is 6.46. The predicted molar refractivity (Wildman–Crippen MR) is 72.1 cm³/mol. The van der Waals surface area contributed by atoms with Crippen LogP contribution in [0.2, 0.25) is 0 Å². The molecule has 1 N–H and O–H groups in total. The maximum atomic E-state index is 13.3.